The zero-order valence-corrected chi connectivity index (χ0v) is 10.8. The highest BCUT2D eigenvalue weighted by Crippen LogP contribution is 2.09. The highest BCUT2D eigenvalue weighted by molar-refractivity contribution is 5.95. The number of halogens is 2. The van der Waals surface area contributed by atoms with Gasteiger partial charge in [-0.25, -0.2) is 13.6 Å². The van der Waals surface area contributed by atoms with Gasteiger partial charge in [0.15, 0.2) is 6.61 Å². The summed E-state index contributed by atoms with van der Waals surface area (Å²) in [4.78, 5) is 23.1. The molecule has 0 aliphatic carbocycles. The first-order chi connectivity index (χ1) is 10.0. The van der Waals surface area contributed by atoms with Crippen LogP contribution in [0.2, 0.25) is 0 Å². The van der Waals surface area contributed by atoms with E-state index in [0.717, 1.165) is 18.2 Å². The van der Waals surface area contributed by atoms with Crippen LogP contribution in [0, 0.1) is 11.6 Å². The van der Waals surface area contributed by atoms with Crippen LogP contribution in [0.4, 0.5) is 14.5 Å². The van der Waals surface area contributed by atoms with E-state index < -0.39 is 30.1 Å². The van der Waals surface area contributed by atoms with Gasteiger partial charge >= 0.3 is 5.97 Å². The second-order valence-electron chi connectivity index (χ2n) is 4.14. The Labute approximate surface area is 119 Å². The van der Waals surface area contributed by atoms with E-state index in [4.69, 9.17) is 4.74 Å². The Balaban J connectivity index is 1.86. The highest BCUT2D eigenvalue weighted by atomic mass is 19.1. The quantitative estimate of drug-likeness (QED) is 0.881. The molecule has 0 saturated carbocycles. The summed E-state index contributed by atoms with van der Waals surface area (Å²) in [5.74, 6) is -2.31. The molecule has 0 bridgehead atoms. The number of carbonyl (C=O) groups excluding carboxylic acids is 2. The van der Waals surface area contributed by atoms with Crippen LogP contribution in [-0.2, 0) is 9.53 Å². The van der Waals surface area contributed by atoms with Crippen molar-refractivity contribution in [2.75, 3.05) is 11.9 Å². The molecule has 1 N–H and O–H groups in total. The molecule has 2 aromatic rings. The molecule has 0 saturated heterocycles. The molecule has 0 heterocycles. The van der Waals surface area contributed by atoms with Crippen molar-refractivity contribution >= 4 is 17.6 Å². The molecule has 6 heteroatoms. The van der Waals surface area contributed by atoms with Gasteiger partial charge in [-0.3, -0.25) is 4.79 Å². The molecular weight excluding hydrogens is 280 g/mol. The minimum absolute atomic E-state index is 0.134. The van der Waals surface area contributed by atoms with E-state index in [1.807, 2.05) is 0 Å². The fourth-order valence-corrected chi connectivity index (χ4v) is 1.56. The van der Waals surface area contributed by atoms with Gasteiger partial charge in [0.2, 0.25) is 0 Å². The molecule has 0 aromatic heterocycles. The zero-order valence-electron chi connectivity index (χ0n) is 10.8. The summed E-state index contributed by atoms with van der Waals surface area (Å²) >= 11 is 0. The summed E-state index contributed by atoms with van der Waals surface area (Å²) in [6.07, 6.45) is 0. The van der Waals surface area contributed by atoms with Gasteiger partial charge in [-0.05, 0) is 42.5 Å². The van der Waals surface area contributed by atoms with E-state index >= 15 is 0 Å². The van der Waals surface area contributed by atoms with Crippen LogP contribution in [-0.4, -0.2) is 18.5 Å². The Morgan fingerprint density at radius 3 is 2.38 bits per heavy atom. The third-order valence-electron chi connectivity index (χ3n) is 2.52. The topological polar surface area (TPSA) is 55.4 Å². The Morgan fingerprint density at radius 1 is 1.00 bits per heavy atom. The van der Waals surface area contributed by atoms with Crippen molar-refractivity contribution in [2.24, 2.45) is 0 Å². The molecule has 0 radical (unpaired) electrons. The maximum absolute atomic E-state index is 12.9. The minimum atomic E-state index is -0.746. The van der Waals surface area contributed by atoms with E-state index in [2.05, 4.69) is 5.32 Å². The zero-order chi connectivity index (χ0) is 15.2. The van der Waals surface area contributed by atoms with Gasteiger partial charge in [-0.1, -0.05) is 6.07 Å². The molecule has 0 fully saturated rings. The fraction of sp³-hybridized carbons (Fsp3) is 0.0667. The lowest BCUT2D eigenvalue weighted by atomic mass is 10.2. The van der Waals surface area contributed by atoms with Gasteiger partial charge in [-0.2, -0.15) is 0 Å². The van der Waals surface area contributed by atoms with Crippen molar-refractivity contribution in [1.29, 1.82) is 0 Å². The Morgan fingerprint density at radius 2 is 1.71 bits per heavy atom. The first-order valence-electron chi connectivity index (χ1n) is 6.03. The lowest BCUT2D eigenvalue weighted by Gasteiger charge is -2.06. The average molecular weight is 291 g/mol. The van der Waals surface area contributed by atoms with Crippen molar-refractivity contribution < 1.29 is 23.1 Å². The first-order valence-corrected chi connectivity index (χ1v) is 6.03. The second kappa shape index (κ2) is 6.60. The summed E-state index contributed by atoms with van der Waals surface area (Å²) in [7, 11) is 0. The molecule has 0 atom stereocenters. The molecule has 0 aliphatic rings. The molecule has 21 heavy (non-hydrogen) atoms. The lowest BCUT2D eigenvalue weighted by Crippen LogP contribution is -2.21. The van der Waals surface area contributed by atoms with Crippen LogP contribution >= 0.6 is 0 Å². The number of hydrogen-bond donors (Lipinski definition) is 1. The average Bonchev–Trinajstić information content (AvgIpc) is 2.45. The minimum Gasteiger partial charge on any atom is -0.452 e. The van der Waals surface area contributed by atoms with Gasteiger partial charge in [-0.15, -0.1) is 0 Å². The standard InChI is InChI=1S/C15H11F2NO3/c16-11-6-4-10(5-7-11)15(20)21-9-14(19)18-13-3-1-2-12(17)8-13/h1-8H,9H2,(H,18,19). The molecule has 0 unspecified atom stereocenters. The van der Waals surface area contributed by atoms with Crippen LogP contribution in [0.1, 0.15) is 10.4 Å². The van der Waals surface area contributed by atoms with E-state index in [9.17, 15) is 18.4 Å². The van der Waals surface area contributed by atoms with E-state index in [0.29, 0.717) is 0 Å². The summed E-state index contributed by atoms with van der Waals surface area (Å²) < 4.78 is 30.4. The third-order valence-corrected chi connectivity index (χ3v) is 2.52. The molecule has 2 rings (SSSR count). The van der Waals surface area contributed by atoms with Crippen LogP contribution in [0.15, 0.2) is 48.5 Å². The van der Waals surface area contributed by atoms with Crippen LogP contribution in [0.25, 0.3) is 0 Å². The number of anilines is 1. The van der Waals surface area contributed by atoms with E-state index in [-0.39, 0.29) is 11.3 Å². The summed E-state index contributed by atoms with van der Waals surface area (Å²) in [6.45, 7) is -0.521. The van der Waals surface area contributed by atoms with Crippen LogP contribution in [0.3, 0.4) is 0 Å². The first kappa shape index (κ1) is 14.6. The Hall–Kier alpha value is -2.76. The lowest BCUT2D eigenvalue weighted by molar-refractivity contribution is -0.119. The van der Waals surface area contributed by atoms with Gasteiger partial charge in [0.25, 0.3) is 5.91 Å². The van der Waals surface area contributed by atoms with E-state index in [1.54, 1.807) is 0 Å². The van der Waals surface area contributed by atoms with Crippen molar-refractivity contribution in [3.05, 3.63) is 65.7 Å². The number of hydrogen-bond acceptors (Lipinski definition) is 3. The summed E-state index contributed by atoms with van der Waals surface area (Å²) in [5, 5.41) is 2.38. The highest BCUT2D eigenvalue weighted by Gasteiger charge is 2.10. The second-order valence-corrected chi connectivity index (χ2v) is 4.14. The Bertz CT molecular complexity index is 656. The van der Waals surface area contributed by atoms with Crippen molar-refractivity contribution in [3.8, 4) is 0 Å². The normalized spacial score (nSPS) is 10.0. The third kappa shape index (κ3) is 4.38. The predicted octanol–water partition coefficient (Wildman–Crippen LogP) is 2.76. The number of carbonyl (C=O) groups is 2. The van der Waals surface area contributed by atoms with Crippen LogP contribution in [0.5, 0.6) is 0 Å². The SMILES string of the molecule is O=C(COC(=O)c1ccc(F)cc1)Nc1cccc(F)c1. The molecule has 108 valence electrons. The van der Waals surface area contributed by atoms with Gasteiger partial charge in [0.1, 0.15) is 11.6 Å². The van der Waals surface area contributed by atoms with Crippen LogP contribution < -0.4 is 5.32 Å². The Kier molecular flexibility index (Phi) is 4.61. The van der Waals surface area contributed by atoms with Crippen molar-refractivity contribution in [1.82, 2.24) is 0 Å². The number of esters is 1. The summed E-state index contributed by atoms with van der Waals surface area (Å²) in [5.41, 5.74) is 0.396. The molecule has 1 amide bonds. The van der Waals surface area contributed by atoms with Gasteiger partial charge in [0, 0.05) is 5.69 Å². The van der Waals surface area contributed by atoms with Gasteiger partial charge in [0.05, 0.1) is 5.56 Å². The number of nitrogens with one attached hydrogen (secondary N) is 1. The maximum atomic E-state index is 12.9. The van der Waals surface area contributed by atoms with Crippen molar-refractivity contribution in [2.45, 2.75) is 0 Å². The molecule has 0 aliphatic heterocycles. The molecule has 0 spiro atoms. The number of benzene rings is 2. The fourth-order valence-electron chi connectivity index (χ4n) is 1.56. The largest absolute Gasteiger partial charge is 0.452 e. The number of rotatable bonds is 4. The van der Waals surface area contributed by atoms with E-state index in [1.165, 1.54) is 30.3 Å². The monoisotopic (exact) mass is 291 g/mol. The summed E-state index contributed by atoms with van der Waals surface area (Å²) in [6, 6.07) is 10.1. The molecule has 2 aromatic carbocycles. The number of amides is 1. The maximum Gasteiger partial charge on any atom is 0.338 e. The number of ether oxygens (including phenoxy) is 1. The predicted molar refractivity (Wildman–Crippen MR) is 71.7 cm³/mol. The van der Waals surface area contributed by atoms with Crippen molar-refractivity contribution in [3.63, 3.8) is 0 Å². The molecular formula is C15H11F2NO3. The molecule has 4 nitrogen and oxygen atoms in total. The van der Waals surface area contributed by atoms with Gasteiger partial charge < -0.3 is 10.1 Å². The smallest absolute Gasteiger partial charge is 0.338 e.